The number of rotatable bonds is 11. The van der Waals surface area contributed by atoms with Gasteiger partial charge >= 0.3 is 0 Å². The molecule has 0 saturated carbocycles. The van der Waals surface area contributed by atoms with Crippen LogP contribution in [0.1, 0.15) is 11.1 Å². The van der Waals surface area contributed by atoms with Crippen molar-refractivity contribution in [1.82, 2.24) is 24.8 Å². The Morgan fingerprint density at radius 3 is 2.43 bits per heavy atom. The summed E-state index contributed by atoms with van der Waals surface area (Å²) < 4.78 is 28.8. The molecular formula is C26H26BrN5O3S2. The molecule has 2 N–H and O–H groups in total. The monoisotopic (exact) mass is 599 g/mol. The first kappa shape index (κ1) is 27.1. The molecule has 1 aromatic heterocycles. The number of carbonyl (C=O) groups excluding carboxylic acids is 1. The summed E-state index contributed by atoms with van der Waals surface area (Å²) in [5.41, 5.74) is 2.81. The summed E-state index contributed by atoms with van der Waals surface area (Å²) in [5.74, 6) is 0.834. The number of benzene rings is 3. The first-order valence-corrected chi connectivity index (χ1v) is 14.7. The number of nitrogens with one attached hydrogen (secondary N) is 2. The Hall–Kier alpha value is -2.99. The summed E-state index contributed by atoms with van der Waals surface area (Å²) in [7, 11) is -3.90. The number of H-pyrrole nitrogens is 1. The van der Waals surface area contributed by atoms with E-state index in [1.54, 1.807) is 12.1 Å². The van der Waals surface area contributed by atoms with Gasteiger partial charge in [0.05, 0.1) is 11.4 Å². The van der Waals surface area contributed by atoms with Gasteiger partial charge < -0.3 is 5.32 Å². The van der Waals surface area contributed by atoms with Crippen molar-refractivity contribution in [1.29, 1.82) is 0 Å². The van der Waals surface area contributed by atoms with Gasteiger partial charge in [0, 0.05) is 28.9 Å². The lowest BCUT2D eigenvalue weighted by atomic mass is 10.1. The van der Waals surface area contributed by atoms with Crippen molar-refractivity contribution in [2.24, 2.45) is 0 Å². The summed E-state index contributed by atoms with van der Waals surface area (Å²) in [4.78, 5) is 17.4. The number of carbonyl (C=O) groups is 1. The van der Waals surface area contributed by atoms with Crippen LogP contribution >= 0.6 is 27.7 Å². The average Bonchev–Trinajstić information content (AvgIpc) is 3.37. The smallest absolute Gasteiger partial charge is 0.243 e. The zero-order chi connectivity index (χ0) is 26.3. The molecule has 0 atom stereocenters. The molecule has 0 aliphatic heterocycles. The van der Waals surface area contributed by atoms with Gasteiger partial charge in [-0.05, 0) is 36.8 Å². The van der Waals surface area contributed by atoms with Crippen molar-refractivity contribution in [2.75, 3.05) is 18.8 Å². The molecule has 0 radical (unpaired) electrons. The van der Waals surface area contributed by atoms with Gasteiger partial charge in [-0.25, -0.2) is 13.4 Å². The lowest BCUT2D eigenvalue weighted by Gasteiger charge is -2.22. The van der Waals surface area contributed by atoms with Gasteiger partial charge in [0.1, 0.15) is 0 Å². The standard InChI is InChI=1S/C26H26BrN5O3S2/c1-19-7-9-20(10-8-19)17-32(37(34,35)23-13-11-22(27)12-14-23)18-24(33)28-15-16-36-26-29-25(30-31-26)21-5-3-2-4-6-21/h2-14H,15-18H2,1H3,(H,28,33)(H,29,30,31). The van der Waals surface area contributed by atoms with Crippen molar-refractivity contribution in [3.63, 3.8) is 0 Å². The third-order valence-corrected chi connectivity index (χ3v) is 8.60. The van der Waals surface area contributed by atoms with E-state index in [9.17, 15) is 13.2 Å². The molecule has 8 nitrogen and oxygen atoms in total. The maximum absolute atomic E-state index is 13.4. The highest BCUT2D eigenvalue weighted by atomic mass is 79.9. The normalized spacial score (nSPS) is 11.5. The van der Waals surface area contributed by atoms with Crippen LogP contribution in [0.15, 0.2) is 93.4 Å². The molecule has 4 aromatic rings. The minimum atomic E-state index is -3.90. The minimum absolute atomic E-state index is 0.0836. The number of hydrogen-bond donors (Lipinski definition) is 2. The highest BCUT2D eigenvalue weighted by Crippen LogP contribution is 2.21. The molecule has 0 spiro atoms. The Labute approximate surface area is 229 Å². The van der Waals surface area contributed by atoms with Gasteiger partial charge in [0.2, 0.25) is 21.1 Å². The number of aromatic nitrogens is 3. The molecule has 0 aliphatic carbocycles. The number of halogens is 1. The van der Waals surface area contributed by atoms with Crippen LogP contribution < -0.4 is 5.32 Å². The van der Waals surface area contributed by atoms with Crippen LogP contribution in [0.25, 0.3) is 11.4 Å². The van der Waals surface area contributed by atoms with Crippen molar-refractivity contribution < 1.29 is 13.2 Å². The van der Waals surface area contributed by atoms with Crippen molar-refractivity contribution in [3.05, 3.63) is 94.5 Å². The summed E-state index contributed by atoms with van der Waals surface area (Å²) >= 11 is 4.73. The molecule has 1 heterocycles. The SMILES string of the molecule is Cc1ccc(CN(CC(=O)NCCSc2n[nH]c(-c3ccccc3)n2)S(=O)(=O)c2ccc(Br)cc2)cc1. The van der Waals surface area contributed by atoms with E-state index in [0.29, 0.717) is 23.3 Å². The summed E-state index contributed by atoms with van der Waals surface area (Å²) in [6.07, 6.45) is 0. The molecule has 37 heavy (non-hydrogen) atoms. The number of hydrogen-bond acceptors (Lipinski definition) is 6. The number of nitrogens with zero attached hydrogens (tertiary/aromatic N) is 3. The highest BCUT2D eigenvalue weighted by molar-refractivity contribution is 9.10. The number of aryl methyl sites for hydroxylation is 1. The fourth-order valence-corrected chi connectivity index (χ4v) is 5.77. The summed E-state index contributed by atoms with van der Waals surface area (Å²) in [6.45, 7) is 2.10. The number of aromatic amines is 1. The van der Waals surface area contributed by atoms with Gasteiger partial charge in [0.25, 0.3) is 0 Å². The molecule has 3 aromatic carbocycles. The van der Waals surface area contributed by atoms with Gasteiger partial charge in [-0.3, -0.25) is 9.89 Å². The quantitative estimate of drug-likeness (QED) is 0.192. The van der Waals surface area contributed by atoms with Crippen LogP contribution in [0.5, 0.6) is 0 Å². The lowest BCUT2D eigenvalue weighted by molar-refractivity contribution is -0.121. The van der Waals surface area contributed by atoms with E-state index in [0.717, 1.165) is 21.2 Å². The van der Waals surface area contributed by atoms with Gasteiger partial charge in [-0.2, -0.15) is 4.31 Å². The van der Waals surface area contributed by atoms with E-state index in [1.165, 1.54) is 28.2 Å². The average molecular weight is 601 g/mol. The summed E-state index contributed by atoms with van der Waals surface area (Å²) in [6, 6.07) is 23.6. The fraction of sp³-hybridized carbons (Fsp3) is 0.192. The first-order chi connectivity index (χ1) is 17.8. The Bertz CT molecular complexity index is 1430. The van der Waals surface area contributed by atoms with Crippen molar-refractivity contribution in [2.45, 2.75) is 23.5 Å². The van der Waals surface area contributed by atoms with E-state index in [1.807, 2.05) is 61.5 Å². The second kappa shape index (κ2) is 12.5. The second-order valence-electron chi connectivity index (χ2n) is 8.24. The molecule has 0 unspecified atom stereocenters. The maximum atomic E-state index is 13.4. The van der Waals surface area contributed by atoms with Crippen LogP contribution in [-0.4, -0.2) is 52.7 Å². The number of amides is 1. The topological polar surface area (TPSA) is 108 Å². The van der Waals surface area contributed by atoms with Crippen LogP contribution in [0, 0.1) is 6.92 Å². The predicted molar refractivity (Wildman–Crippen MR) is 148 cm³/mol. The van der Waals surface area contributed by atoms with Crippen LogP contribution in [0.2, 0.25) is 0 Å². The minimum Gasteiger partial charge on any atom is -0.354 e. The molecule has 0 aliphatic rings. The Morgan fingerprint density at radius 1 is 1.03 bits per heavy atom. The first-order valence-electron chi connectivity index (χ1n) is 11.5. The molecular weight excluding hydrogens is 574 g/mol. The molecule has 1 amide bonds. The van der Waals surface area contributed by atoms with E-state index in [-0.39, 0.29) is 23.9 Å². The van der Waals surface area contributed by atoms with Gasteiger partial charge in [-0.1, -0.05) is 87.9 Å². The summed E-state index contributed by atoms with van der Waals surface area (Å²) in [5, 5.41) is 10.5. The van der Waals surface area contributed by atoms with E-state index >= 15 is 0 Å². The third-order valence-electron chi connectivity index (χ3n) is 5.42. The fourth-order valence-electron chi connectivity index (χ4n) is 3.46. The largest absolute Gasteiger partial charge is 0.354 e. The number of thioether (sulfide) groups is 1. The van der Waals surface area contributed by atoms with Crippen LogP contribution in [-0.2, 0) is 21.4 Å². The van der Waals surface area contributed by atoms with Crippen molar-refractivity contribution in [3.8, 4) is 11.4 Å². The lowest BCUT2D eigenvalue weighted by Crippen LogP contribution is -2.40. The Balaban J connectivity index is 1.36. The molecule has 11 heteroatoms. The van der Waals surface area contributed by atoms with Crippen molar-refractivity contribution >= 4 is 43.6 Å². The maximum Gasteiger partial charge on any atom is 0.243 e. The molecule has 4 rings (SSSR count). The van der Waals surface area contributed by atoms with Gasteiger partial charge in [0.15, 0.2) is 5.82 Å². The second-order valence-corrected chi connectivity index (χ2v) is 12.2. The zero-order valence-corrected chi connectivity index (χ0v) is 23.3. The van der Waals surface area contributed by atoms with Crippen LogP contribution in [0.3, 0.4) is 0 Å². The molecule has 0 fully saturated rings. The van der Waals surface area contributed by atoms with Crippen LogP contribution in [0.4, 0.5) is 0 Å². The van der Waals surface area contributed by atoms with Gasteiger partial charge in [-0.15, -0.1) is 5.10 Å². The number of sulfonamides is 1. The van der Waals surface area contributed by atoms with E-state index in [4.69, 9.17) is 0 Å². The third kappa shape index (κ3) is 7.51. The Kier molecular flexibility index (Phi) is 9.14. The predicted octanol–water partition coefficient (Wildman–Crippen LogP) is 4.64. The Morgan fingerprint density at radius 2 is 1.73 bits per heavy atom. The zero-order valence-electron chi connectivity index (χ0n) is 20.1. The molecule has 0 bridgehead atoms. The van der Waals surface area contributed by atoms with E-state index < -0.39 is 10.0 Å². The van der Waals surface area contributed by atoms with E-state index in [2.05, 4.69) is 36.4 Å². The molecule has 192 valence electrons. The highest BCUT2D eigenvalue weighted by Gasteiger charge is 2.27. The molecule has 0 saturated heterocycles.